The molecule has 0 saturated carbocycles. The minimum atomic E-state index is -1.06. The number of morpholine rings is 1. The fourth-order valence-electron chi connectivity index (χ4n) is 10.3. The average Bonchev–Trinajstić information content (AvgIpc) is 1.01. The number of thiazole rings is 1. The molecular formula is C68H101Cl2FN4O20S. The number of aromatic nitrogens is 1. The highest BCUT2D eigenvalue weighted by Crippen LogP contribution is 2.37. The number of methoxy groups -OCH3 is 1. The zero-order valence-corrected chi connectivity index (χ0v) is 57.9. The molecule has 1 aromatic heterocycles. The Balaban J connectivity index is 0.000000328. The number of carboxylic acids is 3. The lowest BCUT2D eigenvalue weighted by atomic mass is 9.95. The summed E-state index contributed by atoms with van der Waals surface area (Å²) in [7, 11) is 1.69. The number of carbonyl (C=O) groups excluding carboxylic acids is 2. The summed E-state index contributed by atoms with van der Waals surface area (Å²) in [5.74, 6) is -3.76. The van der Waals surface area contributed by atoms with Crippen LogP contribution in [0.3, 0.4) is 0 Å². The Bertz CT molecular complexity index is 2610. The van der Waals surface area contributed by atoms with Crippen LogP contribution in [-0.2, 0) is 71.3 Å². The summed E-state index contributed by atoms with van der Waals surface area (Å²) in [6, 6.07) is 3.11. The number of nitrogens with one attached hydrogen (secondary N) is 1. The maximum atomic E-state index is 13.8. The van der Waals surface area contributed by atoms with Crippen molar-refractivity contribution in [3.05, 3.63) is 111 Å². The van der Waals surface area contributed by atoms with Crippen molar-refractivity contribution in [2.75, 3.05) is 99.4 Å². The molecule has 2 aromatic rings. The maximum Gasteiger partial charge on any atom is 0.338 e. The van der Waals surface area contributed by atoms with Crippen LogP contribution in [0.5, 0.6) is 0 Å². The summed E-state index contributed by atoms with van der Waals surface area (Å²) in [6.45, 7) is 11.0. The van der Waals surface area contributed by atoms with Crippen molar-refractivity contribution in [2.45, 2.75) is 178 Å². The van der Waals surface area contributed by atoms with E-state index in [2.05, 4.69) is 10.3 Å². The largest absolute Gasteiger partial charge is 0.478 e. The zero-order chi connectivity index (χ0) is 68.8. The Morgan fingerprint density at radius 3 is 1.52 bits per heavy atom. The first-order valence-corrected chi connectivity index (χ1v) is 34.3. The first-order chi connectivity index (χ1) is 46.0. The number of aliphatic carboxylic acids is 3. The molecule has 28 heteroatoms. The minimum absolute atomic E-state index is 0. The van der Waals surface area contributed by atoms with E-state index in [-0.39, 0.29) is 85.6 Å². The third-order valence-electron chi connectivity index (χ3n) is 15.2. The summed E-state index contributed by atoms with van der Waals surface area (Å²) in [5, 5.41) is 48.5. The number of carbonyl (C=O) groups is 5. The molecule has 540 valence electrons. The standard InChI is InChI=1S/C24H24ClFN4O5S.C10H16O3.2C8H12O3.3C6H12O2.ClH/c1-2-34-24(33)20-18(13-30-8-9-35-15(12-30)4-6-19(31)32)28-22(23-27-7-10-36-23)29-21(20)16-5-3-14(26)11-17(16)25;1-2-12-10(11)7-6-9-5-3-4-8-13-9;2*9-8(10)5-4-7-3-1-2-6-11-7;1-7-6-4-2-3-5-8-6;2*7-5-6-3-1-2-4-8-6;/h3-7,10-11,15,21H,2,8-9,12-13H2,1H3,(H,28,29)(H,31,32);6-7,9H,2-5,8H2,1H3;2*4-5,7H,1-3,6H2,(H,9,10);6H,2-5H2,1H3;2*6-7H,1-5H2;1H/b6-4+;7-6+;2*5-4+;;;;. The second-order valence-electron chi connectivity index (χ2n) is 22.6. The highest BCUT2D eigenvalue weighted by Gasteiger charge is 2.35. The quantitative estimate of drug-likeness (QED) is 0.0597. The number of halogens is 3. The van der Waals surface area contributed by atoms with E-state index in [9.17, 15) is 28.4 Å². The summed E-state index contributed by atoms with van der Waals surface area (Å²) < 4.78 is 66.1. The number of carboxylic acid groups (broad SMARTS) is 3. The summed E-state index contributed by atoms with van der Waals surface area (Å²) in [4.78, 5) is 66.4. The van der Waals surface area contributed by atoms with Gasteiger partial charge in [0.15, 0.2) is 17.1 Å². The van der Waals surface area contributed by atoms with E-state index in [1.165, 1.54) is 73.8 Å². The van der Waals surface area contributed by atoms with Crippen LogP contribution in [0.4, 0.5) is 4.39 Å². The molecule has 8 aliphatic rings. The second-order valence-corrected chi connectivity index (χ2v) is 23.9. The van der Waals surface area contributed by atoms with Gasteiger partial charge in [0.05, 0.1) is 75.2 Å². The van der Waals surface area contributed by atoms with E-state index < -0.39 is 41.8 Å². The van der Waals surface area contributed by atoms with Gasteiger partial charge in [-0.25, -0.2) is 33.3 Å². The molecule has 0 aliphatic carbocycles. The van der Waals surface area contributed by atoms with Crippen molar-refractivity contribution in [3.63, 3.8) is 0 Å². The SMILES string of the molecule is CCOC(=O)/C=C/C1CCCCO1.CCOC(=O)C1=C(CN2CCOC(/C=C/C(=O)O)C2)NC(c2nccs2)=NC1c1ccc(F)cc1Cl.COC1CCCCO1.Cl.O=C(O)/C=C/C1CCCCO1.O=C(O)/C=C/C1CCCCO1.OCC1CCCCO1.OCC1CCCCO1. The highest BCUT2D eigenvalue weighted by molar-refractivity contribution is 7.11. The molecule has 0 bridgehead atoms. The molecular weight excluding hydrogens is 1310 g/mol. The third-order valence-corrected chi connectivity index (χ3v) is 16.3. The predicted octanol–water partition coefficient (Wildman–Crippen LogP) is 9.93. The van der Waals surface area contributed by atoms with Gasteiger partial charge in [-0.1, -0.05) is 17.7 Å². The number of aliphatic hydroxyl groups is 2. The molecule has 0 spiro atoms. The van der Waals surface area contributed by atoms with E-state index in [0.29, 0.717) is 55.0 Å². The van der Waals surface area contributed by atoms with E-state index in [1.54, 1.807) is 45.4 Å². The lowest BCUT2D eigenvalue weighted by molar-refractivity contribution is -0.145. The monoisotopic (exact) mass is 1410 g/mol. The van der Waals surface area contributed by atoms with Crippen LogP contribution in [0.25, 0.3) is 0 Å². The second kappa shape index (κ2) is 51.6. The van der Waals surface area contributed by atoms with Crippen molar-refractivity contribution in [1.82, 2.24) is 15.2 Å². The van der Waals surface area contributed by atoms with E-state index in [1.807, 2.05) is 10.3 Å². The molecule has 8 atom stereocenters. The molecule has 8 aliphatic heterocycles. The minimum Gasteiger partial charge on any atom is -0.478 e. The third kappa shape index (κ3) is 36.3. The lowest BCUT2D eigenvalue weighted by Crippen LogP contribution is -2.46. The fourth-order valence-corrected chi connectivity index (χ4v) is 11.1. The van der Waals surface area contributed by atoms with Crippen molar-refractivity contribution in [3.8, 4) is 0 Å². The topological polar surface area (TPSA) is 319 Å². The molecule has 96 heavy (non-hydrogen) atoms. The number of amidine groups is 1. The highest BCUT2D eigenvalue weighted by atomic mass is 35.5. The molecule has 7 fully saturated rings. The predicted molar refractivity (Wildman–Crippen MR) is 362 cm³/mol. The number of aliphatic hydroxyl groups excluding tert-OH is 2. The number of hydrogen-bond acceptors (Lipinski definition) is 22. The van der Waals surface area contributed by atoms with Crippen LogP contribution in [0.2, 0.25) is 5.02 Å². The van der Waals surface area contributed by atoms with Gasteiger partial charge in [0.1, 0.15) is 11.9 Å². The molecule has 0 amide bonds. The number of rotatable bonds is 18. The van der Waals surface area contributed by atoms with Gasteiger partial charge in [0, 0.05) is 119 Å². The zero-order valence-electron chi connectivity index (χ0n) is 55.5. The summed E-state index contributed by atoms with van der Waals surface area (Å²) >= 11 is 7.78. The van der Waals surface area contributed by atoms with E-state index in [0.717, 1.165) is 141 Å². The smallest absolute Gasteiger partial charge is 0.338 e. The van der Waals surface area contributed by atoms with E-state index >= 15 is 0 Å². The van der Waals surface area contributed by atoms with Crippen molar-refractivity contribution >= 4 is 71.0 Å². The number of aliphatic imine (C=N–C) groups is 1. The van der Waals surface area contributed by atoms with Crippen LogP contribution < -0.4 is 5.32 Å². The van der Waals surface area contributed by atoms with Gasteiger partial charge in [0.25, 0.3) is 0 Å². The van der Waals surface area contributed by atoms with Crippen LogP contribution in [0.15, 0.2) is 94.6 Å². The Labute approximate surface area is 578 Å². The first kappa shape index (κ1) is 84.7. The van der Waals surface area contributed by atoms with Crippen LogP contribution in [0.1, 0.15) is 146 Å². The van der Waals surface area contributed by atoms with Crippen molar-refractivity contribution in [1.29, 1.82) is 0 Å². The van der Waals surface area contributed by atoms with Gasteiger partial charge in [-0.15, -0.1) is 23.7 Å². The van der Waals surface area contributed by atoms with Gasteiger partial charge in [0.2, 0.25) is 0 Å². The Morgan fingerprint density at radius 1 is 0.646 bits per heavy atom. The molecule has 9 heterocycles. The van der Waals surface area contributed by atoms with Gasteiger partial charge in [-0.2, -0.15) is 0 Å². The number of nitrogens with zero attached hydrogens (tertiary/aromatic N) is 3. The molecule has 0 radical (unpaired) electrons. The normalized spacial score (nSPS) is 24.4. The molecule has 8 unspecified atom stereocenters. The Kier molecular flexibility index (Phi) is 45.5. The number of hydrogen-bond donors (Lipinski definition) is 6. The number of ether oxygens (including phenoxy) is 10. The van der Waals surface area contributed by atoms with E-state index in [4.69, 9.17) is 89.5 Å². The van der Waals surface area contributed by atoms with Crippen molar-refractivity contribution < 1.29 is 101 Å². The molecule has 6 N–H and O–H groups in total. The van der Waals surface area contributed by atoms with Gasteiger partial charge in [-0.05, 0) is 166 Å². The average molecular weight is 1420 g/mol. The van der Waals surface area contributed by atoms with Gasteiger partial charge in [-0.3, -0.25) is 9.89 Å². The van der Waals surface area contributed by atoms with Crippen molar-refractivity contribution in [2.24, 2.45) is 4.99 Å². The molecule has 7 saturated heterocycles. The fraction of sp³-hybridized carbons (Fsp3) is 0.632. The van der Waals surface area contributed by atoms with Crippen LogP contribution >= 0.6 is 35.3 Å². The summed E-state index contributed by atoms with van der Waals surface area (Å²) in [6.07, 6.45) is 33.1. The number of esters is 2. The molecule has 24 nitrogen and oxygen atoms in total. The maximum absolute atomic E-state index is 13.8. The van der Waals surface area contributed by atoms with Gasteiger partial charge < -0.3 is 78.2 Å². The molecule has 1 aromatic carbocycles. The molecule has 10 rings (SSSR count). The van der Waals surface area contributed by atoms with Crippen LogP contribution in [-0.4, -0.2) is 213 Å². The Hall–Kier alpha value is -5.56. The summed E-state index contributed by atoms with van der Waals surface area (Å²) in [5.41, 5.74) is 1.26. The number of benzene rings is 1. The van der Waals surface area contributed by atoms with Gasteiger partial charge >= 0.3 is 29.8 Å². The Morgan fingerprint density at radius 2 is 1.12 bits per heavy atom. The van der Waals surface area contributed by atoms with Crippen LogP contribution in [0, 0.1) is 5.82 Å². The first-order valence-electron chi connectivity index (χ1n) is 33.0. The lowest BCUT2D eigenvalue weighted by Gasteiger charge is -2.34.